The Morgan fingerprint density at radius 1 is 1.36 bits per heavy atom. The molecule has 0 aromatic carbocycles. The van der Waals surface area contributed by atoms with E-state index < -0.39 is 38.7 Å². The molecule has 0 saturated heterocycles. The van der Waals surface area contributed by atoms with Crippen LogP contribution < -0.4 is 5.32 Å². The molecule has 1 amide bonds. The number of aliphatic hydroxyl groups excluding tert-OH is 1. The van der Waals surface area contributed by atoms with Gasteiger partial charge in [0.25, 0.3) is 5.91 Å². The molecule has 0 aliphatic carbocycles. The van der Waals surface area contributed by atoms with Crippen LogP contribution in [0.25, 0.3) is 0 Å². The van der Waals surface area contributed by atoms with E-state index in [0.29, 0.717) is 0 Å². The SMILES string of the molecule is Cc1oc(S(C)(=O)=O)cc1C(=O)NC(C)(C)C(O)C(F)(F)F. The molecular weight excluding hydrogens is 327 g/mol. The summed E-state index contributed by atoms with van der Waals surface area (Å²) in [5, 5.41) is 10.8. The molecule has 1 unspecified atom stereocenters. The molecule has 126 valence electrons. The number of hydrogen-bond donors (Lipinski definition) is 2. The van der Waals surface area contributed by atoms with Gasteiger partial charge in [-0.1, -0.05) is 0 Å². The molecular formula is C12H16F3NO5S. The molecule has 0 bridgehead atoms. The summed E-state index contributed by atoms with van der Waals surface area (Å²) in [4.78, 5) is 12.0. The lowest BCUT2D eigenvalue weighted by Gasteiger charge is -2.32. The summed E-state index contributed by atoms with van der Waals surface area (Å²) < 4.78 is 65.2. The zero-order valence-electron chi connectivity index (χ0n) is 12.3. The molecule has 1 heterocycles. The van der Waals surface area contributed by atoms with Crippen molar-refractivity contribution in [2.75, 3.05) is 6.26 Å². The average molecular weight is 343 g/mol. The monoisotopic (exact) mass is 343 g/mol. The summed E-state index contributed by atoms with van der Waals surface area (Å²) in [5.74, 6) is -1.04. The van der Waals surface area contributed by atoms with Crippen molar-refractivity contribution in [1.82, 2.24) is 5.32 Å². The summed E-state index contributed by atoms with van der Waals surface area (Å²) >= 11 is 0. The maximum atomic E-state index is 12.5. The van der Waals surface area contributed by atoms with Crippen molar-refractivity contribution in [3.8, 4) is 0 Å². The first-order valence-corrected chi connectivity index (χ1v) is 7.93. The van der Waals surface area contributed by atoms with Crippen molar-refractivity contribution in [1.29, 1.82) is 0 Å². The van der Waals surface area contributed by atoms with Crippen molar-refractivity contribution >= 4 is 15.7 Å². The molecule has 1 aromatic heterocycles. The van der Waals surface area contributed by atoms with Crippen LogP contribution >= 0.6 is 0 Å². The fraction of sp³-hybridized carbons (Fsp3) is 0.583. The molecule has 0 radical (unpaired) electrons. The number of rotatable bonds is 4. The largest absolute Gasteiger partial charge is 0.449 e. The van der Waals surface area contributed by atoms with Gasteiger partial charge in [-0.05, 0) is 20.8 Å². The van der Waals surface area contributed by atoms with E-state index in [1.54, 1.807) is 0 Å². The van der Waals surface area contributed by atoms with Gasteiger partial charge in [0.1, 0.15) is 5.76 Å². The molecule has 1 aromatic rings. The molecule has 1 rings (SSSR count). The number of alkyl halides is 3. The van der Waals surface area contributed by atoms with Gasteiger partial charge in [0, 0.05) is 12.3 Å². The van der Waals surface area contributed by atoms with E-state index in [1.807, 2.05) is 5.32 Å². The van der Waals surface area contributed by atoms with Gasteiger partial charge >= 0.3 is 6.18 Å². The molecule has 6 nitrogen and oxygen atoms in total. The standard InChI is InChI=1S/C12H16F3NO5S/c1-6-7(5-8(21-6)22(4,19)20)9(17)16-11(2,3)10(18)12(13,14)15/h5,10,18H,1-4H3,(H,16,17). The van der Waals surface area contributed by atoms with Crippen LogP contribution in [0.3, 0.4) is 0 Å². The number of hydrogen-bond acceptors (Lipinski definition) is 5. The number of carbonyl (C=O) groups is 1. The lowest BCUT2D eigenvalue weighted by atomic mass is 9.96. The number of furan rings is 1. The first-order valence-electron chi connectivity index (χ1n) is 6.04. The molecule has 0 aliphatic heterocycles. The predicted molar refractivity (Wildman–Crippen MR) is 70.2 cm³/mol. The molecule has 0 saturated carbocycles. The fourth-order valence-corrected chi connectivity index (χ4v) is 2.31. The van der Waals surface area contributed by atoms with Crippen molar-refractivity contribution in [3.63, 3.8) is 0 Å². The van der Waals surface area contributed by atoms with Crippen LogP contribution in [-0.2, 0) is 9.84 Å². The van der Waals surface area contributed by atoms with Gasteiger partial charge in [-0.3, -0.25) is 4.79 Å². The van der Waals surface area contributed by atoms with E-state index in [2.05, 4.69) is 0 Å². The van der Waals surface area contributed by atoms with Crippen LogP contribution in [0.1, 0.15) is 30.0 Å². The van der Waals surface area contributed by atoms with Gasteiger partial charge < -0.3 is 14.8 Å². The predicted octanol–water partition coefficient (Wildman–Crippen LogP) is 1.42. The van der Waals surface area contributed by atoms with Gasteiger partial charge in [0.05, 0.1) is 11.1 Å². The fourth-order valence-electron chi connectivity index (χ4n) is 1.70. The smallest absolute Gasteiger partial charge is 0.416 e. The van der Waals surface area contributed by atoms with E-state index in [1.165, 1.54) is 6.92 Å². The van der Waals surface area contributed by atoms with Crippen LogP contribution in [0.15, 0.2) is 15.6 Å². The lowest BCUT2D eigenvalue weighted by Crippen LogP contribution is -2.57. The third-order valence-corrected chi connectivity index (χ3v) is 3.87. The Balaban J connectivity index is 3.06. The maximum absolute atomic E-state index is 12.5. The molecule has 0 fully saturated rings. The Hall–Kier alpha value is -1.55. The molecule has 1 atom stereocenters. The first-order chi connectivity index (χ1) is 9.66. The van der Waals surface area contributed by atoms with Crippen LogP contribution in [0.4, 0.5) is 13.2 Å². The summed E-state index contributed by atoms with van der Waals surface area (Å²) in [7, 11) is -3.70. The molecule has 2 N–H and O–H groups in total. The van der Waals surface area contributed by atoms with Crippen LogP contribution in [0.5, 0.6) is 0 Å². The number of aliphatic hydroxyl groups is 1. The second kappa shape index (κ2) is 5.58. The van der Waals surface area contributed by atoms with Gasteiger partial charge in [-0.2, -0.15) is 13.2 Å². The second-order valence-corrected chi connectivity index (χ2v) is 7.37. The van der Waals surface area contributed by atoms with Crippen LogP contribution in [0, 0.1) is 6.92 Å². The Bertz CT molecular complexity index is 675. The highest BCUT2D eigenvalue weighted by Crippen LogP contribution is 2.28. The second-order valence-electron chi connectivity index (χ2n) is 5.43. The van der Waals surface area contributed by atoms with E-state index >= 15 is 0 Å². The van der Waals surface area contributed by atoms with Gasteiger partial charge in [0.2, 0.25) is 14.9 Å². The summed E-state index contributed by atoms with van der Waals surface area (Å²) in [6.45, 7) is 3.29. The van der Waals surface area contributed by atoms with E-state index in [4.69, 9.17) is 4.42 Å². The van der Waals surface area contributed by atoms with E-state index in [-0.39, 0.29) is 11.3 Å². The Labute approximate surface area is 125 Å². The van der Waals surface area contributed by atoms with Crippen molar-refractivity contribution < 1.29 is 35.9 Å². The highest BCUT2D eigenvalue weighted by Gasteiger charge is 2.48. The van der Waals surface area contributed by atoms with Crippen LogP contribution in [0.2, 0.25) is 0 Å². The van der Waals surface area contributed by atoms with Crippen molar-refractivity contribution in [2.45, 2.75) is 43.7 Å². The van der Waals surface area contributed by atoms with Crippen molar-refractivity contribution in [2.24, 2.45) is 0 Å². The number of halogens is 3. The third-order valence-electron chi connectivity index (χ3n) is 2.93. The number of amides is 1. The molecule has 10 heteroatoms. The highest BCUT2D eigenvalue weighted by atomic mass is 32.2. The van der Waals surface area contributed by atoms with E-state index in [9.17, 15) is 31.5 Å². The number of nitrogens with one attached hydrogen (secondary N) is 1. The Morgan fingerprint density at radius 2 is 1.86 bits per heavy atom. The van der Waals surface area contributed by atoms with Gasteiger partial charge in [-0.25, -0.2) is 8.42 Å². The maximum Gasteiger partial charge on any atom is 0.416 e. The van der Waals surface area contributed by atoms with Gasteiger partial charge in [-0.15, -0.1) is 0 Å². The first kappa shape index (κ1) is 18.5. The van der Waals surface area contributed by atoms with Crippen molar-refractivity contribution in [3.05, 3.63) is 17.4 Å². The highest BCUT2D eigenvalue weighted by molar-refractivity contribution is 7.90. The Kier molecular flexibility index (Phi) is 4.69. The summed E-state index contributed by atoms with van der Waals surface area (Å²) in [6.07, 6.45) is -6.84. The number of carbonyl (C=O) groups excluding carboxylic acids is 1. The number of aryl methyl sites for hydroxylation is 1. The minimum atomic E-state index is -4.92. The molecule has 22 heavy (non-hydrogen) atoms. The topological polar surface area (TPSA) is 96.6 Å². The average Bonchev–Trinajstić information content (AvgIpc) is 2.68. The molecule has 0 aliphatic rings. The molecule has 0 spiro atoms. The third kappa shape index (κ3) is 4.01. The minimum Gasteiger partial charge on any atom is -0.449 e. The minimum absolute atomic E-state index is 0.0600. The van der Waals surface area contributed by atoms with E-state index in [0.717, 1.165) is 26.2 Å². The van der Waals surface area contributed by atoms with Crippen LogP contribution in [-0.4, -0.2) is 43.5 Å². The quantitative estimate of drug-likeness (QED) is 0.862. The summed E-state index contributed by atoms with van der Waals surface area (Å²) in [5.41, 5.74) is -2.23. The lowest BCUT2D eigenvalue weighted by molar-refractivity contribution is -0.222. The normalized spacial score (nSPS) is 14.7. The summed E-state index contributed by atoms with van der Waals surface area (Å²) in [6, 6.07) is 0.927. The zero-order chi connectivity index (χ0) is 17.5. The Morgan fingerprint density at radius 3 is 2.23 bits per heavy atom. The number of sulfone groups is 1. The zero-order valence-corrected chi connectivity index (χ0v) is 13.1. The van der Waals surface area contributed by atoms with Gasteiger partial charge in [0.15, 0.2) is 6.10 Å².